The van der Waals surface area contributed by atoms with Crippen LogP contribution < -0.4 is 5.32 Å². The fourth-order valence-corrected chi connectivity index (χ4v) is 4.59. The van der Waals surface area contributed by atoms with E-state index in [9.17, 15) is 9.90 Å². The number of carbonyl (C=O) groups is 1. The molecule has 7 heteroatoms. The first-order valence-electron chi connectivity index (χ1n) is 10.6. The maximum Gasteiger partial charge on any atom is 0.317 e. The second-order valence-electron chi connectivity index (χ2n) is 8.71. The van der Waals surface area contributed by atoms with Gasteiger partial charge in [-0.3, -0.25) is 9.69 Å². The summed E-state index contributed by atoms with van der Waals surface area (Å²) in [6, 6.07) is 1.56. The largest absolute Gasteiger partial charge is 0.480 e. The van der Waals surface area contributed by atoms with E-state index in [0.29, 0.717) is 24.0 Å². The normalized spacial score (nSPS) is 31.0. The number of nitrogens with zero attached hydrogens (tertiary/aromatic N) is 3. The lowest BCUT2D eigenvalue weighted by Gasteiger charge is -2.45. The Balaban J connectivity index is 1.18. The lowest BCUT2D eigenvalue weighted by atomic mass is 9.81. The van der Waals surface area contributed by atoms with Gasteiger partial charge in [0, 0.05) is 37.0 Å². The molecule has 0 amide bonds. The predicted molar refractivity (Wildman–Crippen MR) is 101 cm³/mol. The molecule has 7 nitrogen and oxygen atoms in total. The van der Waals surface area contributed by atoms with E-state index >= 15 is 0 Å². The summed E-state index contributed by atoms with van der Waals surface area (Å²) >= 11 is 0. The van der Waals surface area contributed by atoms with Gasteiger partial charge in [0.1, 0.15) is 0 Å². The zero-order valence-electron chi connectivity index (χ0n) is 16.3. The summed E-state index contributed by atoms with van der Waals surface area (Å²) in [7, 11) is 0. The van der Waals surface area contributed by atoms with Gasteiger partial charge in [0.2, 0.25) is 5.89 Å². The van der Waals surface area contributed by atoms with Crippen LogP contribution in [0.1, 0.15) is 75.9 Å². The van der Waals surface area contributed by atoms with Crippen molar-refractivity contribution in [3.05, 3.63) is 11.7 Å². The Morgan fingerprint density at radius 1 is 1.19 bits per heavy atom. The highest BCUT2D eigenvalue weighted by Crippen LogP contribution is 2.36. The standard InChI is InChI=1S/C20H32N4O3/c1-2-18-22-20(27-23-18)14-5-7-15(8-6-14)21-16-9-17(10-16)24(12-19(25)26)11-13-3-4-13/h13-17,21H,2-12H2,1H3,(H,25,26). The van der Waals surface area contributed by atoms with Gasteiger partial charge in [-0.25, -0.2) is 0 Å². The molecule has 2 N–H and O–H groups in total. The lowest BCUT2D eigenvalue weighted by Crippen LogP contribution is -2.56. The van der Waals surface area contributed by atoms with E-state index < -0.39 is 5.97 Å². The highest BCUT2D eigenvalue weighted by molar-refractivity contribution is 5.69. The molecule has 0 aromatic carbocycles. The van der Waals surface area contributed by atoms with Crippen molar-refractivity contribution in [2.24, 2.45) is 5.92 Å². The highest BCUT2D eigenvalue weighted by Gasteiger charge is 2.38. The molecule has 3 aliphatic carbocycles. The Kier molecular flexibility index (Phi) is 5.78. The molecule has 0 radical (unpaired) electrons. The number of carboxylic acids is 1. The number of aromatic nitrogens is 2. The van der Waals surface area contributed by atoms with Gasteiger partial charge in [-0.15, -0.1) is 0 Å². The molecular formula is C20H32N4O3. The van der Waals surface area contributed by atoms with E-state index in [2.05, 4.69) is 20.4 Å². The van der Waals surface area contributed by atoms with Crippen molar-refractivity contribution in [1.29, 1.82) is 0 Å². The first-order chi connectivity index (χ1) is 13.1. The summed E-state index contributed by atoms with van der Waals surface area (Å²) in [5.41, 5.74) is 0. The molecule has 1 aromatic rings. The zero-order valence-corrected chi connectivity index (χ0v) is 16.3. The van der Waals surface area contributed by atoms with Crippen molar-refractivity contribution in [2.45, 2.75) is 88.8 Å². The third kappa shape index (κ3) is 4.88. The third-order valence-corrected chi connectivity index (χ3v) is 6.51. The van der Waals surface area contributed by atoms with Gasteiger partial charge in [-0.2, -0.15) is 4.98 Å². The monoisotopic (exact) mass is 376 g/mol. The van der Waals surface area contributed by atoms with E-state index in [4.69, 9.17) is 4.52 Å². The minimum Gasteiger partial charge on any atom is -0.480 e. The molecule has 3 saturated carbocycles. The molecule has 1 heterocycles. The Morgan fingerprint density at radius 3 is 2.52 bits per heavy atom. The van der Waals surface area contributed by atoms with Crippen molar-refractivity contribution >= 4 is 5.97 Å². The minimum atomic E-state index is -0.697. The highest BCUT2D eigenvalue weighted by atomic mass is 16.5. The van der Waals surface area contributed by atoms with E-state index in [1.807, 2.05) is 6.92 Å². The zero-order chi connectivity index (χ0) is 18.8. The molecule has 0 saturated heterocycles. The average Bonchev–Trinajstić information content (AvgIpc) is 3.30. The van der Waals surface area contributed by atoms with Crippen LogP contribution in [-0.4, -0.2) is 57.3 Å². The average molecular weight is 377 g/mol. The summed E-state index contributed by atoms with van der Waals surface area (Å²) < 4.78 is 5.42. The molecule has 150 valence electrons. The summed E-state index contributed by atoms with van der Waals surface area (Å²) in [4.78, 5) is 17.8. The van der Waals surface area contributed by atoms with Gasteiger partial charge in [0.15, 0.2) is 5.82 Å². The van der Waals surface area contributed by atoms with Gasteiger partial charge in [0.25, 0.3) is 0 Å². The van der Waals surface area contributed by atoms with Crippen molar-refractivity contribution in [1.82, 2.24) is 20.4 Å². The van der Waals surface area contributed by atoms with Gasteiger partial charge < -0.3 is 14.9 Å². The molecule has 3 fully saturated rings. The molecular weight excluding hydrogens is 344 g/mol. The quantitative estimate of drug-likeness (QED) is 0.684. The molecule has 0 atom stereocenters. The molecule has 0 bridgehead atoms. The van der Waals surface area contributed by atoms with Gasteiger partial charge >= 0.3 is 5.97 Å². The Hall–Kier alpha value is -1.47. The second kappa shape index (κ2) is 8.27. The Labute approximate surface area is 160 Å². The van der Waals surface area contributed by atoms with Crippen LogP contribution in [0.3, 0.4) is 0 Å². The first kappa shape index (κ1) is 18.9. The molecule has 1 aromatic heterocycles. The summed E-state index contributed by atoms with van der Waals surface area (Å²) in [6.45, 7) is 3.21. The number of aliphatic carboxylic acids is 1. The lowest BCUT2D eigenvalue weighted by molar-refractivity contribution is -0.139. The number of nitrogens with one attached hydrogen (secondary N) is 1. The molecule has 0 aliphatic heterocycles. The number of carboxylic acid groups (broad SMARTS) is 1. The third-order valence-electron chi connectivity index (χ3n) is 6.51. The van der Waals surface area contributed by atoms with Crippen molar-refractivity contribution in [3.63, 3.8) is 0 Å². The molecule has 0 unspecified atom stereocenters. The summed E-state index contributed by atoms with van der Waals surface area (Å²) in [6.07, 6.45) is 10.0. The maximum atomic E-state index is 11.1. The number of rotatable bonds is 9. The first-order valence-corrected chi connectivity index (χ1v) is 10.6. The number of aryl methyl sites for hydroxylation is 1. The molecule has 4 rings (SSSR count). The predicted octanol–water partition coefficient (Wildman–Crippen LogP) is 2.58. The van der Waals surface area contributed by atoms with Crippen LogP contribution in [0.5, 0.6) is 0 Å². The molecule has 3 aliphatic rings. The maximum absolute atomic E-state index is 11.1. The molecule has 27 heavy (non-hydrogen) atoms. The summed E-state index contributed by atoms with van der Waals surface area (Å²) in [5, 5.41) is 17.0. The van der Waals surface area contributed by atoms with Gasteiger partial charge in [-0.1, -0.05) is 12.1 Å². The van der Waals surface area contributed by atoms with Gasteiger partial charge in [0.05, 0.1) is 6.54 Å². The van der Waals surface area contributed by atoms with E-state index in [1.165, 1.54) is 12.8 Å². The fraction of sp³-hybridized carbons (Fsp3) is 0.850. The SMILES string of the molecule is CCc1noc(C2CCC(NC3CC(N(CC(=O)O)CC4CC4)C3)CC2)n1. The number of hydrogen-bond acceptors (Lipinski definition) is 6. The topological polar surface area (TPSA) is 91.5 Å². The van der Waals surface area contributed by atoms with Crippen LogP contribution >= 0.6 is 0 Å². The van der Waals surface area contributed by atoms with Crippen LogP contribution in [0.25, 0.3) is 0 Å². The van der Waals surface area contributed by atoms with E-state index in [-0.39, 0.29) is 6.54 Å². The Bertz CT molecular complexity index is 631. The smallest absolute Gasteiger partial charge is 0.317 e. The number of hydrogen-bond donors (Lipinski definition) is 2. The van der Waals surface area contributed by atoms with Crippen molar-refractivity contribution in [3.8, 4) is 0 Å². The molecule has 0 spiro atoms. The van der Waals surface area contributed by atoms with Gasteiger partial charge in [-0.05, 0) is 57.3 Å². The second-order valence-corrected chi connectivity index (χ2v) is 8.71. The van der Waals surface area contributed by atoms with E-state index in [1.54, 1.807) is 0 Å². The van der Waals surface area contributed by atoms with E-state index in [0.717, 1.165) is 69.1 Å². The van der Waals surface area contributed by atoms with Crippen LogP contribution in [-0.2, 0) is 11.2 Å². The van der Waals surface area contributed by atoms with Crippen LogP contribution in [0.2, 0.25) is 0 Å². The van der Waals surface area contributed by atoms with Crippen molar-refractivity contribution in [2.75, 3.05) is 13.1 Å². The summed E-state index contributed by atoms with van der Waals surface area (Å²) in [5.74, 6) is 2.08. The fourth-order valence-electron chi connectivity index (χ4n) is 4.59. The van der Waals surface area contributed by atoms with Crippen LogP contribution in [0, 0.1) is 5.92 Å². The van der Waals surface area contributed by atoms with Crippen LogP contribution in [0.4, 0.5) is 0 Å². The Morgan fingerprint density at radius 2 is 1.93 bits per heavy atom. The minimum absolute atomic E-state index is 0.197. The van der Waals surface area contributed by atoms with Crippen molar-refractivity contribution < 1.29 is 14.4 Å². The van der Waals surface area contributed by atoms with Crippen LogP contribution in [0.15, 0.2) is 4.52 Å².